The molecule has 4 aromatic carbocycles. The quantitative estimate of drug-likeness (QED) is 0.128. The van der Waals surface area contributed by atoms with E-state index >= 15 is 0 Å². The molecule has 0 fully saturated rings. The van der Waals surface area contributed by atoms with E-state index in [4.69, 9.17) is 4.74 Å². The van der Waals surface area contributed by atoms with Gasteiger partial charge in [-0.2, -0.15) is 0 Å². The first-order chi connectivity index (χ1) is 14.3. The summed E-state index contributed by atoms with van der Waals surface area (Å²) in [4.78, 5) is 12.7. The molecule has 0 aromatic heterocycles. The third-order valence-electron chi connectivity index (χ3n) is 5.29. The van der Waals surface area contributed by atoms with Gasteiger partial charge in [-0.3, -0.25) is 4.90 Å². The van der Waals surface area contributed by atoms with Gasteiger partial charge < -0.3 is 4.74 Å². The zero-order valence-corrected chi connectivity index (χ0v) is 18.4. The SMILES string of the molecule is Bc1cccc2ccc3cc4ccccc4cc3c12.C=C(C)C(=O)OC(C)N(C)C. The fraction of sp³-hybridized carbons (Fsp3) is 0.192. The minimum absolute atomic E-state index is 0.195. The Balaban J connectivity index is 0.000000202. The summed E-state index contributed by atoms with van der Waals surface area (Å²) in [5.74, 6) is -0.341. The number of benzene rings is 4. The number of rotatable bonds is 3. The van der Waals surface area contributed by atoms with Crippen LogP contribution < -0.4 is 5.46 Å². The van der Waals surface area contributed by atoms with Crippen molar-refractivity contribution in [2.24, 2.45) is 0 Å². The summed E-state index contributed by atoms with van der Waals surface area (Å²) in [7, 11) is 5.88. The second-order valence-electron chi connectivity index (χ2n) is 7.91. The molecule has 152 valence electrons. The average Bonchev–Trinajstić information content (AvgIpc) is 2.72. The summed E-state index contributed by atoms with van der Waals surface area (Å²) in [6.45, 7) is 6.91. The van der Waals surface area contributed by atoms with E-state index < -0.39 is 0 Å². The Morgan fingerprint density at radius 3 is 2.17 bits per heavy atom. The smallest absolute Gasteiger partial charge is 0.334 e. The van der Waals surface area contributed by atoms with Gasteiger partial charge in [0.1, 0.15) is 7.85 Å². The number of carbonyl (C=O) groups excluding carboxylic acids is 1. The lowest BCUT2D eigenvalue weighted by atomic mass is 9.87. The van der Waals surface area contributed by atoms with Crippen LogP contribution in [0.5, 0.6) is 0 Å². The third kappa shape index (κ3) is 4.72. The van der Waals surface area contributed by atoms with E-state index in [1.165, 1.54) is 37.8 Å². The number of carbonyl (C=O) groups is 1. The van der Waals surface area contributed by atoms with Crippen molar-refractivity contribution >= 4 is 51.6 Å². The van der Waals surface area contributed by atoms with E-state index in [1.807, 2.05) is 14.1 Å². The van der Waals surface area contributed by atoms with Crippen molar-refractivity contribution in [2.75, 3.05) is 14.1 Å². The Kier molecular flexibility index (Phi) is 6.58. The normalized spacial score (nSPS) is 11.9. The first-order valence-electron chi connectivity index (χ1n) is 10.1. The van der Waals surface area contributed by atoms with Crippen LogP contribution in [-0.4, -0.2) is 39.0 Å². The van der Waals surface area contributed by atoms with Gasteiger partial charge in [-0.15, -0.1) is 0 Å². The van der Waals surface area contributed by atoms with Crippen LogP contribution in [0.15, 0.2) is 78.9 Å². The van der Waals surface area contributed by atoms with E-state index in [2.05, 4.69) is 81.2 Å². The molecule has 0 amide bonds. The third-order valence-corrected chi connectivity index (χ3v) is 5.29. The van der Waals surface area contributed by atoms with Crippen molar-refractivity contribution in [1.82, 2.24) is 4.90 Å². The van der Waals surface area contributed by atoms with Gasteiger partial charge in [-0.05, 0) is 72.4 Å². The maximum Gasteiger partial charge on any atom is 0.334 e. The van der Waals surface area contributed by atoms with Crippen molar-refractivity contribution in [3.05, 3.63) is 78.9 Å². The van der Waals surface area contributed by atoms with Crippen molar-refractivity contribution in [3.8, 4) is 0 Å². The standard InChI is InChI=1S/C18H13B.C8H15NO2/c19-17-7-3-6-12-8-9-15-10-13-4-1-2-5-14(13)11-16(15)18(12)17;1-6(2)8(10)11-7(3)9(4)5/h1-11H,19H2;7H,1H2,2-5H3. The van der Waals surface area contributed by atoms with Crippen molar-refractivity contribution in [3.63, 3.8) is 0 Å². The fourth-order valence-corrected chi connectivity index (χ4v) is 3.35. The van der Waals surface area contributed by atoms with Crippen LogP contribution in [0.1, 0.15) is 13.8 Å². The minimum Gasteiger partial charge on any atom is -0.443 e. The van der Waals surface area contributed by atoms with Gasteiger partial charge in [-0.25, -0.2) is 4.79 Å². The molecule has 4 aromatic rings. The summed E-state index contributed by atoms with van der Waals surface area (Å²) in [5.41, 5.74) is 1.78. The molecule has 1 atom stereocenters. The molecule has 0 radical (unpaired) electrons. The van der Waals surface area contributed by atoms with Gasteiger partial charge in [0.2, 0.25) is 0 Å². The number of hydrogen-bond donors (Lipinski definition) is 0. The zero-order chi connectivity index (χ0) is 21.8. The highest BCUT2D eigenvalue weighted by atomic mass is 16.6. The van der Waals surface area contributed by atoms with E-state index in [1.54, 1.807) is 18.7 Å². The molecule has 0 aliphatic rings. The van der Waals surface area contributed by atoms with E-state index in [0.717, 1.165) is 0 Å². The topological polar surface area (TPSA) is 29.5 Å². The van der Waals surface area contributed by atoms with Crippen LogP contribution in [0.2, 0.25) is 0 Å². The molecule has 4 rings (SSSR count). The van der Waals surface area contributed by atoms with E-state index in [0.29, 0.717) is 5.57 Å². The van der Waals surface area contributed by atoms with Crippen LogP contribution in [0.25, 0.3) is 32.3 Å². The van der Waals surface area contributed by atoms with Gasteiger partial charge in [0.25, 0.3) is 0 Å². The van der Waals surface area contributed by atoms with Crippen LogP contribution in [0.3, 0.4) is 0 Å². The number of fused-ring (bicyclic) bond motifs is 4. The molecule has 0 saturated heterocycles. The lowest BCUT2D eigenvalue weighted by molar-refractivity contribution is -0.150. The molecule has 4 heteroatoms. The summed E-state index contributed by atoms with van der Waals surface area (Å²) >= 11 is 0. The number of ether oxygens (including phenoxy) is 1. The highest BCUT2D eigenvalue weighted by Crippen LogP contribution is 2.28. The largest absolute Gasteiger partial charge is 0.443 e. The predicted molar refractivity (Wildman–Crippen MR) is 131 cm³/mol. The molecule has 0 aliphatic heterocycles. The Morgan fingerprint density at radius 2 is 1.53 bits per heavy atom. The van der Waals surface area contributed by atoms with Crippen LogP contribution in [0, 0.1) is 0 Å². The monoisotopic (exact) mass is 397 g/mol. The molecule has 0 N–H and O–H groups in total. The van der Waals surface area contributed by atoms with E-state index in [9.17, 15) is 4.79 Å². The highest BCUT2D eigenvalue weighted by Gasteiger charge is 2.10. The van der Waals surface area contributed by atoms with Gasteiger partial charge in [0.05, 0.1) is 0 Å². The van der Waals surface area contributed by atoms with Gasteiger partial charge >= 0.3 is 5.97 Å². The lowest BCUT2D eigenvalue weighted by Gasteiger charge is -2.19. The second-order valence-corrected chi connectivity index (χ2v) is 7.91. The first kappa shape index (κ1) is 21.6. The summed E-state index contributed by atoms with van der Waals surface area (Å²) in [5, 5.41) is 8.00. The summed E-state index contributed by atoms with van der Waals surface area (Å²) < 4.78 is 4.96. The highest BCUT2D eigenvalue weighted by molar-refractivity contribution is 6.41. The number of nitrogens with zero attached hydrogens (tertiary/aromatic N) is 1. The minimum atomic E-state index is -0.341. The van der Waals surface area contributed by atoms with Crippen LogP contribution >= 0.6 is 0 Å². The molecule has 0 heterocycles. The first-order valence-corrected chi connectivity index (χ1v) is 10.1. The van der Waals surface area contributed by atoms with Crippen LogP contribution in [0.4, 0.5) is 0 Å². The average molecular weight is 397 g/mol. The molecule has 0 aliphatic carbocycles. The second kappa shape index (κ2) is 9.14. The maximum absolute atomic E-state index is 10.9. The predicted octanol–water partition coefficient (Wildman–Crippen LogP) is 4.42. The Labute approximate surface area is 179 Å². The maximum atomic E-state index is 10.9. The Bertz CT molecular complexity index is 1230. The van der Waals surface area contributed by atoms with Gasteiger partial charge in [-0.1, -0.05) is 66.6 Å². The van der Waals surface area contributed by atoms with Gasteiger partial charge in [0.15, 0.2) is 6.23 Å². The molecule has 0 bridgehead atoms. The molecule has 3 nitrogen and oxygen atoms in total. The number of hydrogen-bond acceptors (Lipinski definition) is 3. The van der Waals surface area contributed by atoms with E-state index in [-0.39, 0.29) is 12.2 Å². The zero-order valence-electron chi connectivity index (χ0n) is 18.4. The van der Waals surface area contributed by atoms with Crippen molar-refractivity contribution in [2.45, 2.75) is 20.1 Å². The molecule has 30 heavy (non-hydrogen) atoms. The lowest BCUT2D eigenvalue weighted by Crippen LogP contribution is -2.30. The van der Waals surface area contributed by atoms with Gasteiger partial charge in [0, 0.05) is 5.57 Å². The molecule has 0 spiro atoms. The van der Waals surface area contributed by atoms with Crippen molar-refractivity contribution < 1.29 is 9.53 Å². The van der Waals surface area contributed by atoms with Crippen LogP contribution in [-0.2, 0) is 9.53 Å². The molecular formula is C26H28BNO2. The number of esters is 1. The molecular weight excluding hydrogens is 369 g/mol. The van der Waals surface area contributed by atoms with Crippen molar-refractivity contribution in [1.29, 1.82) is 0 Å². The Morgan fingerprint density at radius 1 is 0.933 bits per heavy atom. The summed E-state index contributed by atoms with van der Waals surface area (Å²) in [6, 6.07) is 24.1. The summed E-state index contributed by atoms with van der Waals surface area (Å²) in [6.07, 6.45) is -0.195. The molecule has 1 unspecified atom stereocenters. The molecule has 0 saturated carbocycles. The fourth-order valence-electron chi connectivity index (χ4n) is 3.35. The Hall–Kier alpha value is -3.11.